The molecule has 0 atom stereocenters. The summed E-state index contributed by atoms with van der Waals surface area (Å²) < 4.78 is 0. The Morgan fingerprint density at radius 1 is 1.12 bits per heavy atom. The lowest BCUT2D eigenvalue weighted by Gasteiger charge is -2.02. The van der Waals surface area contributed by atoms with E-state index in [1.54, 1.807) is 6.92 Å². The first-order chi connectivity index (χ1) is 7.54. The molecule has 0 spiro atoms. The Morgan fingerprint density at radius 3 is 2.31 bits per heavy atom. The van der Waals surface area contributed by atoms with Gasteiger partial charge in [-0.05, 0) is 19.1 Å². The van der Waals surface area contributed by atoms with Gasteiger partial charge in [0.2, 0.25) is 0 Å². The summed E-state index contributed by atoms with van der Waals surface area (Å²) in [5.41, 5.74) is -0.142. The van der Waals surface area contributed by atoms with Crippen molar-refractivity contribution < 1.29 is 10.2 Å². The van der Waals surface area contributed by atoms with E-state index in [2.05, 4.69) is 15.0 Å². The van der Waals surface area contributed by atoms with Gasteiger partial charge in [0.05, 0.1) is 0 Å². The highest BCUT2D eigenvalue weighted by atomic mass is 16.3. The van der Waals surface area contributed by atoms with Gasteiger partial charge < -0.3 is 10.2 Å². The molecule has 0 bridgehead atoms. The van der Waals surface area contributed by atoms with E-state index in [1.807, 2.05) is 0 Å². The second-order valence-electron chi connectivity index (χ2n) is 3.30. The van der Waals surface area contributed by atoms with E-state index in [4.69, 9.17) is 0 Å². The van der Waals surface area contributed by atoms with Gasteiger partial charge in [0.25, 0.3) is 0 Å². The van der Waals surface area contributed by atoms with E-state index >= 15 is 0 Å². The lowest BCUT2D eigenvalue weighted by molar-refractivity contribution is 0.451. The number of aryl methyl sites for hydroxylation is 1. The molecule has 0 fully saturated rings. The second kappa shape index (κ2) is 3.65. The summed E-state index contributed by atoms with van der Waals surface area (Å²) in [6.45, 7) is 1.62. The molecule has 0 unspecified atom stereocenters. The highest BCUT2D eigenvalue weighted by molar-refractivity contribution is 5.59. The van der Waals surface area contributed by atoms with Crippen molar-refractivity contribution in [2.75, 3.05) is 0 Å². The maximum absolute atomic E-state index is 11.1. The van der Waals surface area contributed by atoms with Crippen molar-refractivity contribution in [2.24, 2.45) is 0 Å². The predicted molar refractivity (Wildman–Crippen MR) is 56.2 cm³/mol. The minimum atomic E-state index is -0.523. The van der Waals surface area contributed by atoms with E-state index in [9.17, 15) is 15.0 Å². The number of rotatable bonds is 1. The molecule has 16 heavy (non-hydrogen) atoms. The van der Waals surface area contributed by atoms with Crippen LogP contribution in [0.3, 0.4) is 0 Å². The Kier molecular flexibility index (Phi) is 2.32. The molecule has 0 aliphatic carbocycles. The monoisotopic (exact) mass is 219 g/mol. The number of nitrogens with one attached hydrogen (secondary N) is 1. The molecule has 0 radical (unpaired) electrons. The summed E-state index contributed by atoms with van der Waals surface area (Å²) in [6, 6.07) is 3.92. The standard InChI is InChI=1S/C10H9N3O3/c1-5-11-9(13-10(16)12-5)6-2-7(14)4-8(15)3-6/h2-4,14-15H,1H3,(H,11,12,13,16). The number of phenolic OH excluding ortho intramolecular Hbond substituents is 2. The first-order valence-corrected chi connectivity index (χ1v) is 4.53. The maximum Gasteiger partial charge on any atom is 0.348 e. The summed E-state index contributed by atoms with van der Waals surface area (Å²) in [7, 11) is 0. The Hall–Kier alpha value is -2.37. The molecule has 0 saturated carbocycles. The largest absolute Gasteiger partial charge is 0.508 e. The molecule has 3 N–H and O–H groups in total. The fraction of sp³-hybridized carbons (Fsp3) is 0.100. The topological polar surface area (TPSA) is 99.1 Å². The van der Waals surface area contributed by atoms with E-state index in [-0.39, 0.29) is 17.3 Å². The number of aromatic amines is 1. The average Bonchev–Trinajstić information content (AvgIpc) is 2.14. The first-order valence-electron chi connectivity index (χ1n) is 4.53. The lowest BCUT2D eigenvalue weighted by atomic mass is 10.2. The third-order valence-corrected chi connectivity index (χ3v) is 1.93. The third kappa shape index (κ3) is 2.00. The van der Waals surface area contributed by atoms with Crippen molar-refractivity contribution in [1.82, 2.24) is 15.0 Å². The van der Waals surface area contributed by atoms with Crippen LogP contribution in [-0.2, 0) is 0 Å². The van der Waals surface area contributed by atoms with Crippen LogP contribution < -0.4 is 5.69 Å². The maximum atomic E-state index is 11.1. The van der Waals surface area contributed by atoms with Gasteiger partial charge in [-0.1, -0.05) is 0 Å². The first kappa shape index (κ1) is 10.2. The minimum absolute atomic E-state index is 0.114. The molecule has 6 heteroatoms. The molecule has 2 rings (SSSR count). The quantitative estimate of drug-likeness (QED) is 0.650. The number of aromatic nitrogens is 3. The molecule has 1 aromatic heterocycles. The van der Waals surface area contributed by atoms with Crippen LogP contribution in [0.5, 0.6) is 11.5 Å². The molecular weight excluding hydrogens is 210 g/mol. The second-order valence-corrected chi connectivity index (χ2v) is 3.30. The Bertz CT molecular complexity index is 572. The van der Waals surface area contributed by atoms with Gasteiger partial charge in [-0.3, -0.25) is 4.98 Å². The van der Waals surface area contributed by atoms with Gasteiger partial charge >= 0.3 is 5.69 Å². The summed E-state index contributed by atoms with van der Waals surface area (Å²) in [5.74, 6) is 0.346. The van der Waals surface area contributed by atoms with Crippen molar-refractivity contribution in [3.63, 3.8) is 0 Å². The van der Waals surface area contributed by atoms with Crippen LogP contribution in [0.15, 0.2) is 23.0 Å². The summed E-state index contributed by atoms with van der Waals surface area (Å²) in [6.07, 6.45) is 0. The number of phenols is 2. The highest BCUT2D eigenvalue weighted by Gasteiger charge is 2.06. The number of aromatic hydroxyl groups is 2. The predicted octanol–water partition coefficient (Wildman–Crippen LogP) is 0.552. The van der Waals surface area contributed by atoms with Crippen molar-refractivity contribution in [1.29, 1.82) is 0 Å². The van der Waals surface area contributed by atoms with Crippen molar-refractivity contribution in [3.8, 4) is 22.9 Å². The third-order valence-electron chi connectivity index (χ3n) is 1.93. The van der Waals surface area contributed by atoms with Gasteiger partial charge in [0.15, 0.2) is 5.82 Å². The normalized spacial score (nSPS) is 10.3. The number of H-pyrrole nitrogens is 1. The lowest BCUT2D eigenvalue weighted by Crippen LogP contribution is -2.14. The molecule has 0 amide bonds. The Labute approximate surface area is 90.3 Å². The van der Waals surface area contributed by atoms with Crippen LogP contribution in [0.25, 0.3) is 11.4 Å². The average molecular weight is 219 g/mol. The van der Waals surface area contributed by atoms with Crippen LogP contribution in [-0.4, -0.2) is 25.2 Å². The summed E-state index contributed by atoms with van der Waals surface area (Å²) in [5, 5.41) is 18.6. The van der Waals surface area contributed by atoms with E-state index in [1.165, 1.54) is 18.2 Å². The summed E-state index contributed by atoms with van der Waals surface area (Å²) in [4.78, 5) is 21.2. The highest BCUT2D eigenvalue weighted by Crippen LogP contribution is 2.25. The fourth-order valence-electron chi connectivity index (χ4n) is 1.34. The molecule has 0 saturated heterocycles. The number of nitrogens with zero attached hydrogens (tertiary/aromatic N) is 2. The molecule has 0 aliphatic heterocycles. The molecule has 6 nitrogen and oxygen atoms in total. The SMILES string of the molecule is Cc1nc(-c2cc(O)cc(O)c2)nc(=O)[nH]1. The van der Waals surface area contributed by atoms with E-state index in [0.29, 0.717) is 11.4 Å². The molecule has 2 aromatic rings. The van der Waals surface area contributed by atoms with Crippen LogP contribution in [0.1, 0.15) is 5.82 Å². The number of hydrogen-bond acceptors (Lipinski definition) is 5. The summed E-state index contributed by atoms with van der Waals surface area (Å²) >= 11 is 0. The Balaban J connectivity index is 2.62. The van der Waals surface area contributed by atoms with E-state index in [0.717, 1.165) is 0 Å². The zero-order chi connectivity index (χ0) is 11.7. The minimum Gasteiger partial charge on any atom is -0.508 e. The zero-order valence-corrected chi connectivity index (χ0v) is 8.43. The molecular formula is C10H9N3O3. The van der Waals surface area contributed by atoms with Crippen LogP contribution >= 0.6 is 0 Å². The smallest absolute Gasteiger partial charge is 0.348 e. The van der Waals surface area contributed by atoms with Gasteiger partial charge in [0.1, 0.15) is 17.3 Å². The van der Waals surface area contributed by atoms with Gasteiger partial charge in [-0.2, -0.15) is 4.98 Å². The van der Waals surface area contributed by atoms with Gasteiger partial charge in [-0.25, -0.2) is 9.78 Å². The van der Waals surface area contributed by atoms with Crippen molar-refractivity contribution in [2.45, 2.75) is 6.92 Å². The van der Waals surface area contributed by atoms with Crippen LogP contribution in [0, 0.1) is 6.92 Å². The van der Waals surface area contributed by atoms with Crippen LogP contribution in [0.2, 0.25) is 0 Å². The fourth-order valence-corrected chi connectivity index (χ4v) is 1.34. The van der Waals surface area contributed by atoms with Crippen molar-refractivity contribution in [3.05, 3.63) is 34.5 Å². The van der Waals surface area contributed by atoms with Crippen molar-refractivity contribution >= 4 is 0 Å². The molecule has 0 aliphatic rings. The molecule has 1 aromatic carbocycles. The number of benzene rings is 1. The van der Waals surface area contributed by atoms with Gasteiger partial charge in [-0.15, -0.1) is 0 Å². The number of hydrogen-bond donors (Lipinski definition) is 3. The molecule has 1 heterocycles. The van der Waals surface area contributed by atoms with E-state index < -0.39 is 5.69 Å². The van der Waals surface area contributed by atoms with Crippen LogP contribution in [0.4, 0.5) is 0 Å². The zero-order valence-electron chi connectivity index (χ0n) is 8.43. The molecule has 82 valence electrons. The Morgan fingerprint density at radius 2 is 1.75 bits per heavy atom. The van der Waals surface area contributed by atoms with Gasteiger partial charge in [0, 0.05) is 11.6 Å².